The third-order valence-electron chi connectivity index (χ3n) is 4.46. The maximum atomic E-state index is 6.10. The number of nitrogens with two attached hydrogens (primary N) is 1. The van der Waals surface area contributed by atoms with Crippen LogP contribution in [-0.4, -0.2) is 90.8 Å². The fourth-order valence-electron chi connectivity index (χ4n) is 3.06. The van der Waals surface area contributed by atoms with Gasteiger partial charge in [0, 0.05) is 58.2 Å². The van der Waals surface area contributed by atoms with E-state index >= 15 is 0 Å². The van der Waals surface area contributed by atoms with Gasteiger partial charge < -0.3 is 20.3 Å². The van der Waals surface area contributed by atoms with Gasteiger partial charge in [-0.25, -0.2) is 9.97 Å². The molecular formula is C16H27N7O. The molecule has 2 aliphatic rings. The van der Waals surface area contributed by atoms with E-state index in [1.54, 1.807) is 12.4 Å². The zero-order valence-corrected chi connectivity index (χ0v) is 14.3. The number of guanidine groups is 1. The Morgan fingerprint density at radius 3 is 2.71 bits per heavy atom. The molecule has 0 radical (unpaired) electrons. The largest absolute Gasteiger partial charge is 0.375 e. The zero-order chi connectivity index (χ0) is 16.8. The number of rotatable bonds is 4. The molecule has 0 aliphatic carbocycles. The number of piperazine rings is 1. The summed E-state index contributed by atoms with van der Waals surface area (Å²) in [6.45, 7) is 10.0. The summed E-state index contributed by atoms with van der Waals surface area (Å²) in [6, 6.07) is 1.84. The summed E-state index contributed by atoms with van der Waals surface area (Å²) in [5.41, 5.74) is 6.10. The van der Waals surface area contributed by atoms with Crippen LogP contribution in [0, 0.1) is 0 Å². The van der Waals surface area contributed by atoms with Crippen molar-refractivity contribution < 1.29 is 4.74 Å². The molecular weight excluding hydrogens is 306 g/mol. The first kappa shape index (κ1) is 16.9. The second-order valence-corrected chi connectivity index (χ2v) is 6.24. The lowest BCUT2D eigenvalue weighted by Gasteiger charge is -2.34. The van der Waals surface area contributed by atoms with E-state index in [0.717, 1.165) is 64.9 Å². The fraction of sp³-hybridized carbons (Fsp3) is 0.688. The summed E-state index contributed by atoms with van der Waals surface area (Å²) in [5, 5.41) is 0. The van der Waals surface area contributed by atoms with Crippen LogP contribution < -0.4 is 10.6 Å². The Morgan fingerprint density at radius 1 is 1.25 bits per heavy atom. The Hall–Kier alpha value is -1.93. The minimum atomic E-state index is 0.223. The molecule has 3 rings (SSSR count). The molecule has 0 amide bonds. The van der Waals surface area contributed by atoms with E-state index < -0.39 is 0 Å². The first-order valence-corrected chi connectivity index (χ1v) is 8.63. The van der Waals surface area contributed by atoms with Gasteiger partial charge in [0.1, 0.15) is 0 Å². The first-order valence-electron chi connectivity index (χ1n) is 8.63. The van der Waals surface area contributed by atoms with E-state index in [-0.39, 0.29) is 6.10 Å². The van der Waals surface area contributed by atoms with Crippen LogP contribution in [0.3, 0.4) is 0 Å². The van der Waals surface area contributed by atoms with Crippen molar-refractivity contribution in [2.75, 3.05) is 63.9 Å². The summed E-state index contributed by atoms with van der Waals surface area (Å²) >= 11 is 0. The molecule has 24 heavy (non-hydrogen) atoms. The van der Waals surface area contributed by atoms with Crippen LogP contribution in [0.2, 0.25) is 0 Å². The highest BCUT2D eigenvalue weighted by Gasteiger charge is 2.19. The molecule has 1 atom stereocenters. The van der Waals surface area contributed by atoms with Crippen molar-refractivity contribution in [1.29, 1.82) is 0 Å². The van der Waals surface area contributed by atoms with E-state index in [0.29, 0.717) is 5.96 Å². The third kappa shape index (κ3) is 4.55. The molecule has 0 bridgehead atoms. The summed E-state index contributed by atoms with van der Waals surface area (Å²) in [5.74, 6) is 1.46. The Morgan fingerprint density at radius 2 is 2.00 bits per heavy atom. The number of hydrogen-bond acceptors (Lipinski definition) is 6. The highest BCUT2D eigenvalue weighted by molar-refractivity contribution is 5.78. The van der Waals surface area contributed by atoms with E-state index in [4.69, 9.17) is 10.5 Å². The summed E-state index contributed by atoms with van der Waals surface area (Å²) in [6.07, 6.45) is 3.80. The van der Waals surface area contributed by atoms with Crippen LogP contribution >= 0.6 is 0 Å². The minimum absolute atomic E-state index is 0.223. The van der Waals surface area contributed by atoms with E-state index in [1.807, 2.05) is 6.07 Å². The number of ether oxygens (including phenoxy) is 1. The van der Waals surface area contributed by atoms with Crippen molar-refractivity contribution in [3.8, 4) is 0 Å². The van der Waals surface area contributed by atoms with Crippen molar-refractivity contribution >= 4 is 11.9 Å². The van der Waals surface area contributed by atoms with Gasteiger partial charge in [-0.1, -0.05) is 0 Å². The van der Waals surface area contributed by atoms with E-state index in [1.165, 1.54) is 0 Å². The molecule has 2 aliphatic heterocycles. The number of aliphatic imine (C=N–C) groups is 1. The summed E-state index contributed by atoms with van der Waals surface area (Å²) < 4.78 is 5.53. The van der Waals surface area contributed by atoms with Gasteiger partial charge in [0.2, 0.25) is 5.95 Å². The number of morpholine rings is 1. The third-order valence-corrected chi connectivity index (χ3v) is 4.46. The molecule has 2 N–H and O–H groups in total. The molecule has 2 saturated heterocycles. The summed E-state index contributed by atoms with van der Waals surface area (Å²) in [4.78, 5) is 19.9. The molecule has 1 aromatic rings. The van der Waals surface area contributed by atoms with Gasteiger partial charge in [0.25, 0.3) is 0 Å². The van der Waals surface area contributed by atoms with Gasteiger partial charge >= 0.3 is 0 Å². The van der Waals surface area contributed by atoms with E-state index in [2.05, 4.69) is 36.6 Å². The van der Waals surface area contributed by atoms with Gasteiger partial charge in [-0.2, -0.15) is 0 Å². The van der Waals surface area contributed by atoms with Crippen LogP contribution in [0.1, 0.15) is 6.92 Å². The lowest BCUT2D eigenvalue weighted by Crippen LogP contribution is -2.49. The van der Waals surface area contributed by atoms with Crippen LogP contribution in [0.5, 0.6) is 0 Å². The molecule has 2 fully saturated rings. The van der Waals surface area contributed by atoms with Gasteiger partial charge in [-0.05, 0) is 13.0 Å². The Labute approximate surface area is 143 Å². The van der Waals surface area contributed by atoms with Crippen molar-refractivity contribution in [2.45, 2.75) is 13.0 Å². The molecule has 132 valence electrons. The van der Waals surface area contributed by atoms with Crippen LogP contribution in [-0.2, 0) is 4.74 Å². The van der Waals surface area contributed by atoms with Crippen LogP contribution in [0.4, 0.5) is 5.95 Å². The molecule has 0 aromatic carbocycles. The van der Waals surface area contributed by atoms with Gasteiger partial charge in [-0.3, -0.25) is 9.89 Å². The highest BCUT2D eigenvalue weighted by atomic mass is 16.5. The zero-order valence-electron chi connectivity index (χ0n) is 14.3. The number of aromatic nitrogens is 2. The van der Waals surface area contributed by atoms with Gasteiger partial charge in [0.05, 0.1) is 19.3 Å². The molecule has 1 aromatic heterocycles. The van der Waals surface area contributed by atoms with Crippen LogP contribution in [0.15, 0.2) is 23.5 Å². The molecule has 3 heterocycles. The highest BCUT2D eigenvalue weighted by Crippen LogP contribution is 2.09. The molecule has 0 saturated carbocycles. The van der Waals surface area contributed by atoms with Crippen molar-refractivity contribution in [3.05, 3.63) is 18.5 Å². The average molecular weight is 333 g/mol. The van der Waals surface area contributed by atoms with Gasteiger partial charge in [-0.15, -0.1) is 0 Å². The normalized spacial score (nSPS) is 23.5. The molecule has 8 heteroatoms. The quantitative estimate of drug-likeness (QED) is 0.595. The first-order chi connectivity index (χ1) is 11.7. The lowest BCUT2D eigenvalue weighted by atomic mass is 10.3. The minimum Gasteiger partial charge on any atom is -0.375 e. The smallest absolute Gasteiger partial charge is 0.225 e. The molecule has 0 spiro atoms. The standard InChI is InChI=1S/C16H27N7O/c1-14-13-23(11-12-24-14)15(17)18-5-6-21-7-9-22(10-8-21)16-19-3-2-4-20-16/h2-4,14H,5-13H2,1H3,(H2,17,18). The SMILES string of the molecule is CC1CN(C(N)=NCCN2CCN(c3ncccn3)CC2)CCO1. The Balaban J connectivity index is 1.39. The Kier molecular flexibility index (Phi) is 5.81. The maximum absolute atomic E-state index is 6.10. The van der Waals surface area contributed by atoms with Gasteiger partial charge in [0.15, 0.2) is 5.96 Å². The van der Waals surface area contributed by atoms with Crippen LogP contribution in [0.25, 0.3) is 0 Å². The van der Waals surface area contributed by atoms with Crippen molar-refractivity contribution in [1.82, 2.24) is 19.8 Å². The molecule has 1 unspecified atom stereocenters. The number of nitrogens with zero attached hydrogens (tertiary/aromatic N) is 6. The second kappa shape index (κ2) is 8.25. The topological polar surface area (TPSA) is 83.1 Å². The fourth-order valence-corrected chi connectivity index (χ4v) is 3.06. The predicted molar refractivity (Wildman–Crippen MR) is 94.2 cm³/mol. The predicted octanol–water partition coefficient (Wildman–Crippen LogP) is -0.366. The molecule has 8 nitrogen and oxygen atoms in total. The Bertz CT molecular complexity index is 530. The lowest BCUT2D eigenvalue weighted by molar-refractivity contribution is 0.00528. The monoisotopic (exact) mass is 333 g/mol. The van der Waals surface area contributed by atoms with Crippen molar-refractivity contribution in [2.24, 2.45) is 10.7 Å². The maximum Gasteiger partial charge on any atom is 0.225 e. The average Bonchev–Trinajstić information content (AvgIpc) is 2.63. The number of hydrogen-bond donors (Lipinski definition) is 1. The van der Waals surface area contributed by atoms with Crippen molar-refractivity contribution in [3.63, 3.8) is 0 Å². The summed E-state index contributed by atoms with van der Waals surface area (Å²) in [7, 11) is 0. The van der Waals surface area contributed by atoms with E-state index in [9.17, 15) is 0 Å². The second-order valence-electron chi connectivity index (χ2n) is 6.24. The number of anilines is 1.